The van der Waals surface area contributed by atoms with Gasteiger partial charge in [-0.3, -0.25) is 23.7 Å². The van der Waals surface area contributed by atoms with Crippen LogP contribution in [0.4, 0.5) is 4.79 Å². The van der Waals surface area contributed by atoms with E-state index in [0.29, 0.717) is 50.1 Å². The largest absolute Gasteiger partial charge is 0.459 e. The number of hydrogen-bond acceptors (Lipinski definition) is 11. The van der Waals surface area contributed by atoms with E-state index in [1.807, 2.05) is 67.0 Å². The molecule has 4 aromatic rings. The fourth-order valence-electron chi connectivity index (χ4n) is 8.71. The molecule has 3 N–H and O–H groups in total. The van der Waals surface area contributed by atoms with Gasteiger partial charge in [0, 0.05) is 35.7 Å². The molecule has 8 rings (SSSR count). The van der Waals surface area contributed by atoms with Crippen LogP contribution in [0.1, 0.15) is 117 Å². The summed E-state index contributed by atoms with van der Waals surface area (Å²) in [5.41, 5.74) is 2.15. The highest BCUT2D eigenvalue weighted by Gasteiger charge is 2.63. The van der Waals surface area contributed by atoms with Gasteiger partial charge in [0.2, 0.25) is 21.8 Å². The van der Waals surface area contributed by atoms with E-state index < -0.39 is 73.8 Å². The molecule has 15 nitrogen and oxygen atoms in total. The molecular weight excluding hydrogens is 855 g/mol. The molecule has 0 unspecified atom stereocenters. The van der Waals surface area contributed by atoms with Crippen LogP contribution >= 0.6 is 11.3 Å². The number of fused-ring (bicyclic) bond motifs is 3. The van der Waals surface area contributed by atoms with Crippen LogP contribution in [0, 0.1) is 5.92 Å². The van der Waals surface area contributed by atoms with Gasteiger partial charge in [-0.05, 0) is 97.8 Å². The number of rotatable bonds is 10. The van der Waals surface area contributed by atoms with E-state index >= 15 is 0 Å². The summed E-state index contributed by atoms with van der Waals surface area (Å²) in [4.78, 5) is 68.1. The van der Waals surface area contributed by atoms with Crippen LogP contribution in [-0.2, 0) is 35.6 Å². The number of nitrogens with one attached hydrogen (secondary N) is 3. The first-order chi connectivity index (χ1) is 30.4. The van der Waals surface area contributed by atoms with E-state index in [9.17, 15) is 27.6 Å². The molecule has 342 valence electrons. The molecule has 4 heterocycles. The third kappa shape index (κ3) is 9.56. The van der Waals surface area contributed by atoms with Crippen molar-refractivity contribution in [1.29, 1.82) is 0 Å². The molecule has 2 aromatic heterocycles. The van der Waals surface area contributed by atoms with Crippen molar-refractivity contribution in [3.63, 3.8) is 0 Å². The third-order valence-electron chi connectivity index (χ3n) is 12.7. The Balaban J connectivity index is 1.11. The highest BCUT2D eigenvalue weighted by atomic mass is 32.2. The molecule has 5 atom stereocenters. The number of nitrogens with zero attached hydrogens (tertiary/aromatic N) is 4. The third-order valence-corrected chi connectivity index (χ3v) is 15.7. The molecule has 3 fully saturated rings. The van der Waals surface area contributed by atoms with Crippen molar-refractivity contribution in [1.82, 2.24) is 34.8 Å². The maximum Gasteiger partial charge on any atom is 0.408 e. The Kier molecular flexibility index (Phi) is 12.4. The van der Waals surface area contributed by atoms with Crippen LogP contribution in [0.2, 0.25) is 0 Å². The van der Waals surface area contributed by atoms with E-state index in [-0.39, 0.29) is 25.4 Å². The molecule has 0 bridgehead atoms. The van der Waals surface area contributed by atoms with Gasteiger partial charge in [0.1, 0.15) is 39.9 Å². The summed E-state index contributed by atoms with van der Waals surface area (Å²) in [5.74, 6) is -2.36. The van der Waals surface area contributed by atoms with E-state index in [1.165, 1.54) is 4.90 Å². The first-order valence-electron chi connectivity index (χ1n) is 22.4. The van der Waals surface area contributed by atoms with Crippen molar-refractivity contribution in [3.8, 4) is 16.6 Å². The molecule has 4 aliphatic rings. The molecule has 0 radical (unpaired) electrons. The zero-order valence-corrected chi connectivity index (χ0v) is 39.0. The topological polar surface area (TPSA) is 191 Å². The zero-order chi connectivity index (χ0) is 45.6. The van der Waals surface area contributed by atoms with Gasteiger partial charge in [-0.15, -0.1) is 11.3 Å². The fourth-order valence-corrected chi connectivity index (χ4v) is 10.9. The maximum atomic E-state index is 14.8. The van der Waals surface area contributed by atoms with Crippen molar-refractivity contribution in [2.45, 2.75) is 146 Å². The Morgan fingerprint density at radius 3 is 2.52 bits per heavy atom. The second-order valence-electron chi connectivity index (χ2n) is 19.2. The van der Waals surface area contributed by atoms with Crippen LogP contribution in [0.25, 0.3) is 21.6 Å². The summed E-state index contributed by atoms with van der Waals surface area (Å²) in [6, 6.07) is 14.2. The van der Waals surface area contributed by atoms with Crippen LogP contribution in [0.3, 0.4) is 0 Å². The molecule has 2 aliphatic heterocycles. The fraction of sp³-hybridized carbons (Fsp3) is 0.532. The second kappa shape index (κ2) is 17.6. The van der Waals surface area contributed by atoms with Crippen LogP contribution in [0.15, 0.2) is 66.1 Å². The van der Waals surface area contributed by atoms with Gasteiger partial charge >= 0.3 is 6.09 Å². The molecule has 1 saturated heterocycles. The minimum absolute atomic E-state index is 0.0256. The second-order valence-corrected chi connectivity index (χ2v) is 22.3. The van der Waals surface area contributed by atoms with Crippen molar-refractivity contribution in [3.05, 3.63) is 77.3 Å². The smallest absolute Gasteiger partial charge is 0.408 e. The molecule has 2 aromatic carbocycles. The predicted molar refractivity (Wildman–Crippen MR) is 244 cm³/mol. The molecule has 2 saturated carbocycles. The highest BCUT2D eigenvalue weighted by Crippen LogP contribution is 2.48. The summed E-state index contributed by atoms with van der Waals surface area (Å²) in [5, 5.41) is 8.60. The summed E-state index contributed by atoms with van der Waals surface area (Å²) in [6.07, 6.45) is 7.30. The van der Waals surface area contributed by atoms with Gasteiger partial charge < -0.3 is 25.0 Å². The number of alkyl carbamates (subject to hydrolysis) is 1. The summed E-state index contributed by atoms with van der Waals surface area (Å²) < 4.78 is 42.1. The number of thiazole rings is 1. The number of sulfonamides is 1. The van der Waals surface area contributed by atoms with Gasteiger partial charge in [-0.2, -0.15) is 4.98 Å². The maximum absolute atomic E-state index is 14.8. The molecule has 2 aliphatic carbocycles. The van der Waals surface area contributed by atoms with Crippen molar-refractivity contribution in [2.75, 3.05) is 6.54 Å². The lowest BCUT2D eigenvalue weighted by atomic mass is 10.0. The number of ether oxygens (including phenoxy) is 2. The predicted octanol–water partition coefficient (Wildman–Crippen LogP) is 6.97. The molecule has 64 heavy (non-hydrogen) atoms. The molecule has 4 amide bonds. The van der Waals surface area contributed by atoms with Crippen molar-refractivity contribution >= 4 is 56.2 Å². The lowest BCUT2D eigenvalue weighted by Crippen LogP contribution is -2.58. The Bertz CT molecular complexity index is 2560. The lowest BCUT2D eigenvalue weighted by Gasteiger charge is -2.30. The van der Waals surface area contributed by atoms with Gasteiger partial charge in [0.05, 0.1) is 22.5 Å². The number of allylic oxidation sites excluding steroid dienone is 1. The van der Waals surface area contributed by atoms with E-state index in [2.05, 4.69) is 32.9 Å². The normalized spacial score (nSPS) is 25.3. The van der Waals surface area contributed by atoms with Crippen LogP contribution in [-0.4, -0.2) is 92.3 Å². The summed E-state index contributed by atoms with van der Waals surface area (Å²) >= 11 is 1.55. The number of benzene rings is 2. The highest BCUT2D eigenvalue weighted by molar-refractivity contribution is 7.91. The molecule has 17 heteroatoms. The van der Waals surface area contributed by atoms with Crippen LogP contribution in [0.5, 0.6) is 6.01 Å². The number of imidazole rings is 1. The SMILES string of the molecule is CC(C)n1c(O[C@@H]2C[C@H]3C(=O)N[C@]4(C(=O)NS(=O)(=O)C5(C)CC5)C[C@H]4/C=C\CCCCC[C@H](NC(=O)OC(C)(C)C)C(=O)N3C2)nc2c(-c3nc(Cc4ccccc4)cs3)cccc21. The van der Waals surface area contributed by atoms with E-state index in [1.54, 1.807) is 39.0 Å². The Hall–Kier alpha value is -5.29. The number of aromatic nitrogens is 3. The average molecular weight is 914 g/mol. The van der Waals surface area contributed by atoms with Gasteiger partial charge in [0.25, 0.3) is 11.9 Å². The Labute approximate surface area is 378 Å². The quantitative estimate of drug-likeness (QED) is 0.140. The lowest BCUT2D eigenvalue weighted by molar-refractivity contribution is -0.141. The van der Waals surface area contributed by atoms with Crippen molar-refractivity contribution < 1.29 is 37.1 Å². The summed E-state index contributed by atoms with van der Waals surface area (Å²) in [7, 11) is -4.01. The number of carbonyl (C=O) groups is 4. The Morgan fingerprint density at radius 2 is 1.80 bits per heavy atom. The molecule has 0 spiro atoms. The van der Waals surface area contributed by atoms with E-state index in [4.69, 9.17) is 19.4 Å². The standard InChI is InChI=1S/C47H59N7O8S2/c1-29(2)54-36-21-15-19-34(40-48-32(28-63-40)24-30-16-11-10-12-17-30)38(36)50-43(54)61-33-25-37-39(55)51-47(42(57)52-64(59,60)46(6)22-23-46)26-31(47)18-13-8-7-9-14-20-35(41(56)53(37)27-33)49-44(58)62-45(3,4)5/h10-13,15-19,21,28-29,31,33,35,37H,7-9,14,20,22-27H2,1-6H3,(H,49,58)(H,51,55)(H,52,57)/b18-13-/t31-,33-,35+,37+,47-/m1/s1. The molecular formula is C47H59N7O8S2. The monoisotopic (exact) mass is 913 g/mol. The first-order valence-corrected chi connectivity index (χ1v) is 24.7. The van der Waals surface area contributed by atoms with E-state index in [0.717, 1.165) is 40.2 Å². The average Bonchev–Trinajstić information content (AvgIpc) is 3.92. The minimum Gasteiger partial charge on any atom is -0.459 e. The summed E-state index contributed by atoms with van der Waals surface area (Å²) in [6.45, 7) is 10.8. The number of carbonyl (C=O) groups excluding carboxylic acids is 4. The number of para-hydroxylation sites is 1. The van der Waals surface area contributed by atoms with Crippen molar-refractivity contribution in [2.24, 2.45) is 5.92 Å². The zero-order valence-electron chi connectivity index (χ0n) is 37.4. The number of amides is 4. The Morgan fingerprint density at radius 1 is 1.03 bits per heavy atom. The van der Waals surface area contributed by atoms with Gasteiger partial charge in [0.15, 0.2) is 0 Å². The van der Waals surface area contributed by atoms with Crippen LogP contribution < -0.4 is 20.1 Å². The number of hydrogen-bond donors (Lipinski definition) is 3. The van der Waals surface area contributed by atoms with Gasteiger partial charge in [-0.25, -0.2) is 18.2 Å². The van der Waals surface area contributed by atoms with Gasteiger partial charge in [-0.1, -0.05) is 61.4 Å². The minimum atomic E-state index is -4.01. The first kappa shape index (κ1) is 45.3.